The summed E-state index contributed by atoms with van der Waals surface area (Å²) in [6, 6.07) is 45.2. The van der Waals surface area contributed by atoms with Crippen LogP contribution in [0.3, 0.4) is 0 Å². The van der Waals surface area contributed by atoms with Gasteiger partial charge in [-0.1, -0.05) is 101 Å². The molecular weight excluding hydrogens is 1120 g/mol. The molecule has 5 aliphatic heterocycles. The van der Waals surface area contributed by atoms with Gasteiger partial charge in [0.25, 0.3) is 0 Å². The van der Waals surface area contributed by atoms with Crippen LogP contribution in [0.1, 0.15) is 27.8 Å². The molecular formula is C61H68N3O16P3. The summed E-state index contributed by atoms with van der Waals surface area (Å²) in [5.41, 5.74) is 4.66. The second kappa shape index (κ2) is 29.2. The number of para-hydroxylation sites is 6. The highest BCUT2D eigenvalue weighted by molar-refractivity contribution is 7.56. The summed E-state index contributed by atoms with van der Waals surface area (Å²) in [4.78, 5) is 14.2. The van der Waals surface area contributed by atoms with E-state index in [0.717, 1.165) is 47.6 Å². The van der Waals surface area contributed by atoms with E-state index in [2.05, 4.69) is 0 Å². The van der Waals surface area contributed by atoms with Gasteiger partial charge in [-0.25, -0.2) is 0 Å². The summed E-state index contributed by atoms with van der Waals surface area (Å²) in [5, 5.41) is 0. The van der Waals surface area contributed by atoms with Crippen LogP contribution in [0, 0.1) is 0 Å². The first-order valence-electron chi connectivity index (χ1n) is 28.3. The highest BCUT2D eigenvalue weighted by Crippen LogP contribution is 2.49. The van der Waals surface area contributed by atoms with Crippen molar-refractivity contribution in [3.63, 3.8) is 0 Å². The average molecular weight is 1190 g/mol. The fourth-order valence-corrected chi connectivity index (χ4v) is 13.6. The molecule has 5 fully saturated rings. The molecule has 0 spiro atoms. The van der Waals surface area contributed by atoms with Crippen LogP contribution in [0.25, 0.3) is 0 Å². The highest BCUT2D eigenvalue weighted by atomic mass is 31.2. The van der Waals surface area contributed by atoms with Gasteiger partial charge in [-0.2, -0.15) is 0 Å². The summed E-state index contributed by atoms with van der Waals surface area (Å²) >= 11 is 0. The van der Waals surface area contributed by atoms with E-state index in [0.29, 0.717) is 166 Å². The Labute approximate surface area is 486 Å². The van der Waals surface area contributed by atoms with Crippen LogP contribution >= 0.6 is 24.7 Å². The van der Waals surface area contributed by atoms with Crippen LogP contribution in [0.5, 0.6) is 46.0 Å². The number of aromatic nitrogens is 3. The van der Waals surface area contributed by atoms with Gasteiger partial charge in [0.15, 0.2) is 31.5 Å². The maximum absolute atomic E-state index is 7.32. The zero-order valence-electron chi connectivity index (χ0n) is 46.0. The number of benzene rings is 6. The summed E-state index contributed by atoms with van der Waals surface area (Å²) in [6.07, 6.45) is 3.67. The third-order valence-electron chi connectivity index (χ3n) is 13.7. The van der Waals surface area contributed by atoms with Gasteiger partial charge in [0.05, 0.1) is 99.1 Å². The van der Waals surface area contributed by atoms with Crippen molar-refractivity contribution in [1.82, 2.24) is 13.0 Å². The Hall–Kier alpha value is -5.98. The van der Waals surface area contributed by atoms with Crippen molar-refractivity contribution in [3.8, 4) is 46.0 Å². The molecule has 7 unspecified atom stereocenters. The Bertz CT molecular complexity index is 3240. The summed E-state index contributed by atoms with van der Waals surface area (Å²) in [7, 11) is -3.90. The van der Waals surface area contributed by atoms with Crippen LogP contribution in [-0.4, -0.2) is 143 Å². The molecule has 1 aromatic heterocycles. The van der Waals surface area contributed by atoms with E-state index in [-0.39, 0.29) is 30.5 Å². The van der Waals surface area contributed by atoms with Gasteiger partial charge in [-0.15, -0.1) is 4.51 Å². The van der Waals surface area contributed by atoms with Crippen molar-refractivity contribution in [3.05, 3.63) is 167 Å². The maximum atomic E-state index is 7.32. The predicted octanol–water partition coefficient (Wildman–Crippen LogP) is 11.1. The van der Waals surface area contributed by atoms with Gasteiger partial charge < -0.3 is 75.6 Å². The SMILES string of the molecule is c1ccc(Oc2cccc(Op3npn(Oc4ccccc4CCOCC4CO4)p(Oc4ccccc4CCOCC4CO4)n3Oc3ccccc3CCOCC3CO3)c2Oc2ccccc2CCOCC2CO2)c(CCOCC2CO2)c1. The topological polar surface area (TPSA) is 187 Å². The van der Waals surface area contributed by atoms with Crippen LogP contribution < -0.4 is 28.2 Å². The van der Waals surface area contributed by atoms with Crippen molar-refractivity contribution < 1.29 is 75.6 Å². The molecule has 0 radical (unpaired) electrons. The van der Waals surface area contributed by atoms with E-state index in [4.69, 9.17) is 80.1 Å². The molecule has 6 heterocycles. The van der Waals surface area contributed by atoms with Gasteiger partial charge in [0.2, 0.25) is 5.75 Å². The third kappa shape index (κ3) is 17.6. The molecule has 22 heteroatoms. The molecule has 0 amide bonds. The van der Waals surface area contributed by atoms with Crippen LogP contribution in [0.15, 0.2) is 140 Å². The van der Waals surface area contributed by atoms with Gasteiger partial charge >= 0.3 is 16.2 Å². The molecule has 7 aromatic rings. The molecule has 5 saturated heterocycles. The lowest BCUT2D eigenvalue weighted by Gasteiger charge is -2.23. The first-order chi connectivity index (χ1) is 41.1. The van der Waals surface area contributed by atoms with Gasteiger partial charge in [0, 0.05) is 0 Å². The Morgan fingerprint density at radius 2 is 0.735 bits per heavy atom. The monoisotopic (exact) mass is 1190 g/mol. The van der Waals surface area contributed by atoms with E-state index in [1.165, 1.54) is 0 Å². The number of nitrogens with zero attached hydrogens (tertiary/aromatic N) is 3. The van der Waals surface area contributed by atoms with Crippen molar-refractivity contribution in [1.29, 1.82) is 0 Å². The number of ether oxygens (including phenoxy) is 12. The lowest BCUT2D eigenvalue weighted by atomic mass is 10.1. The Morgan fingerprint density at radius 3 is 1.18 bits per heavy atom. The maximum Gasteiger partial charge on any atom is 0.319 e. The second-order valence-corrected chi connectivity index (χ2v) is 24.6. The number of hydrogen-bond acceptors (Lipinski definition) is 17. The molecule has 6 aromatic carbocycles. The minimum atomic E-state index is -2.15. The van der Waals surface area contributed by atoms with Gasteiger partial charge in [-0.05, 0) is 107 Å². The largest absolute Gasteiger partial charge is 0.453 e. The molecule has 19 nitrogen and oxygen atoms in total. The van der Waals surface area contributed by atoms with Crippen LogP contribution in [-0.2, 0) is 79.5 Å². The van der Waals surface area contributed by atoms with E-state index in [1.54, 1.807) is 8.51 Å². The van der Waals surface area contributed by atoms with Crippen molar-refractivity contribution in [2.45, 2.75) is 62.6 Å². The summed E-state index contributed by atoms with van der Waals surface area (Å²) < 4.78 is 94.5. The Balaban J connectivity index is 0.941. The smallest absolute Gasteiger partial charge is 0.319 e. The standard InChI is InChI=1S/C61H68N3O16P3/c1-6-17-54(44(12-1)24-29-65-34-49-39-70-49)75-59-22-11-23-60(61(59)76-55-18-7-2-13-45(55)25-30-66-35-50-40-71-50)79-82-62-81-63(77-56-19-8-3-14-46(56)26-31-67-36-51-41-72-51)83(80-58-21-10-5-16-48(58)28-33-69-38-53-43-74-53)64(82)78-57-20-9-4-15-47(57)27-32-68-37-52-42-73-52/h1-23,49-53H,24-43H2. The molecule has 5 aliphatic rings. The summed E-state index contributed by atoms with van der Waals surface area (Å²) in [6.45, 7) is 8.67. The van der Waals surface area contributed by atoms with Gasteiger partial charge in [-0.3, -0.25) is 0 Å². The quantitative estimate of drug-likeness (QED) is 0.0264. The third-order valence-corrected chi connectivity index (χ3v) is 18.3. The number of rotatable bonds is 37. The Morgan fingerprint density at radius 1 is 0.386 bits per heavy atom. The molecule has 0 N–H and O–H groups in total. The number of hydrogen-bond donors (Lipinski definition) is 0. The fourth-order valence-electron chi connectivity index (χ4n) is 8.67. The predicted molar refractivity (Wildman–Crippen MR) is 310 cm³/mol. The molecule has 12 rings (SSSR count). The molecule has 0 saturated carbocycles. The van der Waals surface area contributed by atoms with E-state index < -0.39 is 16.2 Å². The van der Waals surface area contributed by atoms with E-state index >= 15 is 0 Å². The minimum Gasteiger partial charge on any atom is -0.453 e. The van der Waals surface area contributed by atoms with E-state index in [9.17, 15) is 0 Å². The Kier molecular flexibility index (Phi) is 20.2. The average Bonchev–Trinajstić information content (AvgIpc) is 4.45. The van der Waals surface area contributed by atoms with Crippen LogP contribution in [0.4, 0.5) is 0 Å². The second-order valence-electron chi connectivity index (χ2n) is 20.3. The molecule has 0 bridgehead atoms. The first kappa shape index (κ1) is 57.5. The van der Waals surface area contributed by atoms with Crippen molar-refractivity contribution >= 4 is 24.7 Å². The number of epoxide rings is 5. The minimum absolute atomic E-state index is 0.134. The normalized spacial score (nSPS) is 19.5. The van der Waals surface area contributed by atoms with Crippen LogP contribution in [0.2, 0.25) is 0 Å². The highest BCUT2D eigenvalue weighted by Gasteiger charge is 2.29. The molecule has 0 aliphatic carbocycles. The first-order valence-corrected chi connectivity index (χ1v) is 31.4. The fraction of sp³-hybridized carbons (Fsp3) is 0.410. The molecule has 7 atom stereocenters. The molecule has 83 heavy (non-hydrogen) atoms. The molecule has 438 valence electrons. The lowest BCUT2D eigenvalue weighted by molar-refractivity contribution is 0.118. The summed E-state index contributed by atoms with van der Waals surface area (Å²) in [5.74, 6) is 4.11. The van der Waals surface area contributed by atoms with E-state index in [1.807, 2.05) is 140 Å². The van der Waals surface area contributed by atoms with Crippen molar-refractivity contribution in [2.75, 3.05) is 99.1 Å². The zero-order valence-corrected chi connectivity index (χ0v) is 48.7. The zero-order chi connectivity index (χ0) is 55.8. The lowest BCUT2D eigenvalue weighted by Crippen LogP contribution is -2.16. The van der Waals surface area contributed by atoms with Crippen molar-refractivity contribution in [2.24, 2.45) is 0 Å². The van der Waals surface area contributed by atoms with Gasteiger partial charge in [0.1, 0.15) is 47.8 Å².